The van der Waals surface area contributed by atoms with Gasteiger partial charge >= 0.3 is 0 Å². The number of carbonyl (C=O) groups is 1. The number of hydrogen-bond donors (Lipinski definition) is 2. The van der Waals surface area contributed by atoms with Crippen LogP contribution in [0.5, 0.6) is 0 Å². The van der Waals surface area contributed by atoms with Crippen LogP contribution in [0.4, 0.5) is 8.78 Å². The van der Waals surface area contributed by atoms with Crippen molar-refractivity contribution in [3.05, 3.63) is 71.8 Å². The van der Waals surface area contributed by atoms with Crippen molar-refractivity contribution < 1.29 is 22.0 Å². The molecular formula is C19H18F2N2O3S2. The zero-order chi connectivity index (χ0) is 20.3. The van der Waals surface area contributed by atoms with Gasteiger partial charge in [0.15, 0.2) is 0 Å². The summed E-state index contributed by atoms with van der Waals surface area (Å²) in [6.45, 7) is 3.33. The molecule has 0 spiro atoms. The summed E-state index contributed by atoms with van der Waals surface area (Å²) in [5, 5.41) is 2.79. The molecule has 9 heteroatoms. The molecule has 3 rings (SSSR count). The molecule has 148 valence electrons. The summed E-state index contributed by atoms with van der Waals surface area (Å²) in [5.41, 5.74) is 0.670. The molecule has 5 nitrogen and oxygen atoms in total. The number of thioether (sulfide) groups is 1. The lowest BCUT2D eigenvalue weighted by molar-refractivity contribution is 0.0934. The second-order valence-electron chi connectivity index (χ2n) is 6.13. The highest BCUT2D eigenvalue weighted by Gasteiger charge is 2.25. The third kappa shape index (κ3) is 4.43. The van der Waals surface area contributed by atoms with Gasteiger partial charge in [-0.3, -0.25) is 4.79 Å². The maximum absolute atomic E-state index is 14.0. The molecule has 0 aliphatic carbocycles. The van der Waals surface area contributed by atoms with Gasteiger partial charge in [0.05, 0.1) is 6.04 Å². The van der Waals surface area contributed by atoms with E-state index < -0.39 is 38.5 Å². The number of fused-ring (bicyclic) bond motifs is 1. The largest absolute Gasteiger partial charge is 0.345 e. The van der Waals surface area contributed by atoms with Gasteiger partial charge in [-0.1, -0.05) is 6.08 Å². The Bertz CT molecular complexity index is 1030. The Morgan fingerprint density at radius 1 is 1.25 bits per heavy atom. The molecular weight excluding hydrogens is 406 g/mol. The van der Waals surface area contributed by atoms with E-state index in [4.69, 9.17) is 0 Å². The molecule has 1 unspecified atom stereocenters. The van der Waals surface area contributed by atoms with Crippen LogP contribution in [0.15, 0.2) is 58.8 Å². The van der Waals surface area contributed by atoms with Gasteiger partial charge in [0.1, 0.15) is 16.5 Å². The van der Waals surface area contributed by atoms with Crippen LogP contribution in [0, 0.1) is 11.6 Å². The molecule has 1 aliphatic rings. The van der Waals surface area contributed by atoms with E-state index in [2.05, 4.69) is 16.6 Å². The van der Waals surface area contributed by atoms with E-state index in [1.54, 1.807) is 17.8 Å². The van der Waals surface area contributed by atoms with Crippen molar-refractivity contribution in [2.75, 3.05) is 12.3 Å². The highest BCUT2D eigenvalue weighted by Crippen LogP contribution is 2.36. The van der Waals surface area contributed by atoms with Crippen LogP contribution in [-0.2, 0) is 10.0 Å². The Morgan fingerprint density at radius 2 is 2.04 bits per heavy atom. The molecule has 1 amide bonds. The van der Waals surface area contributed by atoms with Crippen LogP contribution in [-0.4, -0.2) is 26.6 Å². The number of carbonyl (C=O) groups excluding carboxylic acids is 1. The maximum Gasteiger partial charge on any atom is 0.251 e. The molecule has 2 aromatic rings. The van der Waals surface area contributed by atoms with Gasteiger partial charge in [0.2, 0.25) is 10.0 Å². The van der Waals surface area contributed by atoms with Crippen LogP contribution in [0.25, 0.3) is 0 Å². The summed E-state index contributed by atoms with van der Waals surface area (Å²) < 4.78 is 54.2. The lowest BCUT2D eigenvalue weighted by atomic mass is 10.0. The fourth-order valence-electron chi connectivity index (χ4n) is 2.85. The predicted molar refractivity (Wildman–Crippen MR) is 104 cm³/mol. The molecule has 0 bridgehead atoms. The monoisotopic (exact) mass is 424 g/mol. The van der Waals surface area contributed by atoms with Crippen LogP contribution in [0.3, 0.4) is 0 Å². The molecule has 0 aromatic heterocycles. The number of rotatable bonds is 6. The van der Waals surface area contributed by atoms with E-state index in [-0.39, 0.29) is 12.1 Å². The van der Waals surface area contributed by atoms with E-state index >= 15 is 0 Å². The molecule has 2 aromatic carbocycles. The third-order valence-electron chi connectivity index (χ3n) is 4.22. The first-order chi connectivity index (χ1) is 13.3. The second-order valence-corrected chi connectivity index (χ2v) is 9.00. The zero-order valence-corrected chi connectivity index (χ0v) is 16.4. The van der Waals surface area contributed by atoms with Crippen molar-refractivity contribution in [2.24, 2.45) is 0 Å². The Labute approximate surface area is 166 Å². The lowest BCUT2D eigenvalue weighted by Gasteiger charge is -2.26. The van der Waals surface area contributed by atoms with Crippen molar-refractivity contribution >= 4 is 27.7 Å². The Morgan fingerprint density at radius 3 is 2.79 bits per heavy atom. The van der Waals surface area contributed by atoms with Gasteiger partial charge in [-0.15, -0.1) is 18.3 Å². The zero-order valence-electron chi connectivity index (χ0n) is 14.7. The topological polar surface area (TPSA) is 75.3 Å². The van der Waals surface area contributed by atoms with Crippen molar-refractivity contribution in [3.8, 4) is 0 Å². The van der Waals surface area contributed by atoms with E-state index in [0.717, 1.165) is 22.8 Å². The molecule has 0 saturated carbocycles. The van der Waals surface area contributed by atoms with Crippen molar-refractivity contribution in [1.29, 1.82) is 0 Å². The lowest BCUT2D eigenvalue weighted by Crippen LogP contribution is -2.31. The van der Waals surface area contributed by atoms with E-state index in [1.807, 2.05) is 0 Å². The predicted octanol–water partition coefficient (Wildman–Crippen LogP) is 3.40. The average Bonchev–Trinajstić information content (AvgIpc) is 2.67. The van der Waals surface area contributed by atoms with Crippen molar-refractivity contribution in [3.63, 3.8) is 0 Å². The summed E-state index contributed by atoms with van der Waals surface area (Å²) in [6.07, 6.45) is 1.92. The summed E-state index contributed by atoms with van der Waals surface area (Å²) in [5.74, 6) is -1.18. The van der Waals surface area contributed by atoms with Crippen molar-refractivity contribution in [2.45, 2.75) is 22.3 Å². The smallest absolute Gasteiger partial charge is 0.251 e. The molecule has 28 heavy (non-hydrogen) atoms. The molecule has 1 heterocycles. The number of hydrogen-bond acceptors (Lipinski definition) is 4. The standard InChI is InChI=1S/C19H18F2N2O3S2/c1-2-8-22-28(25,26)18-10-12(3-5-15(18)21)19(24)23-16-7-9-27-17-6-4-13(20)11-14(16)17/h2-6,10-11,16,22H,1,7-9H2,(H,23,24). The van der Waals surface area contributed by atoms with Crippen LogP contribution < -0.4 is 10.0 Å². The van der Waals surface area contributed by atoms with E-state index in [9.17, 15) is 22.0 Å². The van der Waals surface area contributed by atoms with Gasteiger partial charge in [-0.05, 0) is 48.4 Å². The number of nitrogens with one attached hydrogen (secondary N) is 2. The van der Waals surface area contributed by atoms with Crippen molar-refractivity contribution in [1.82, 2.24) is 10.0 Å². The SMILES string of the molecule is C=CCNS(=O)(=O)c1cc(C(=O)NC2CCSc3ccc(F)cc32)ccc1F. The fraction of sp³-hybridized carbons (Fsp3) is 0.211. The third-order valence-corrected chi connectivity index (χ3v) is 6.78. The van der Waals surface area contributed by atoms with Gasteiger partial charge < -0.3 is 5.32 Å². The first-order valence-corrected chi connectivity index (χ1v) is 10.9. The second kappa shape index (κ2) is 8.42. The summed E-state index contributed by atoms with van der Waals surface area (Å²) in [4.78, 5) is 12.9. The number of benzene rings is 2. The van der Waals surface area contributed by atoms with E-state index in [1.165, 1.54) is 24.3 Å². The first kappa shape index (κ1) is 20.5. The first-order valence-electron chi connectivity index (χ1n) is 8.45. The molecule has 1 aliphatic heterocycles. The maximum atomic E-state index is 14.0. The molecule has 0 radical (unpaired) electrons. The number of sulfonamides is 1. The van der Waals surface area contributed by atoms with Crippen LogP contribution in [0.2, 0.25) is 0 Å². The Balaban J connectivity index is 1.86. The molecule has 2 N–H and O–H groups in total. The minimum atomic E-state index is -4.13. The normalized spacial score (nSPS) is 16.3. The van der Waals surface area contributed by atoms with Crippen LogP contribution in [0.1, 0.15) is 28.4 Å². The average molecular weight is 424 g/mol. The Kier molecular flexibility index (Phi) is 6.17. The minimum absolute atomic E-state index is 0.00319. The Hall–Kier alpha value is -2.23. The van der Waals surface area contributed by atoms with Gasteiger partial charge in [0.25, 0.3) is 5.91 Å². The number of halogens is 2. The quantitative estimate of drug-likeness (QED) is 0.697. The van der Waals surface area contributed by atoms with Crippen LogP contribution >= 0.6 is 11.8 Å². The van der Waals surface area contributed by atoms with Gasteiger partial charge in [-0.25, -0.2) is 21.9 Å². The van der Waals surface area contributed by atoms with Gasteiger partial charge in [0, 0.05) is 22.8 Å². The summed E-state index contributed by atoms with van der Waals surface area (Å²) in [6, 6.07) is 7.13. The summed E-state index contributed by atoms with van der Waals surface area (Å²) in [7, 11) is -4.13. The highest BCUT2D eigenvalue weighted by atomic mass is 32.2. The minimum Gasteiger partial charge on any atom is -0.345 e. The highest BCUT2D eigenvalue weighted by molar-refractivity contribution is 7.99. The molecule has 1 atom stereocenters. The van der Waals surface area contributed by atoms with E-state index in [0.29, 0.717) is 12.0 Å². The fourth-order valence-corrected chi connectivity index (χ4v) is 5.06. The molecule has 0 fully saturated rings. The molecule has 0 saturated heterocycles. The number of amides is 1. The summed E-state index contributed by atoms with van der Waals surface area (Å²) >= 11 is 1.58. The van der Waals surface area contributed by atoms with Gasteiger partial charge in [-0.2, -0.15) is 0 Å².